The van der Waals surface area contributed by atoms with Crippen molar-refractivity contribution in [3.63, 3.8) is 0 Å². The fourth-order valence-electron chi connectivity index (χ4n) is 3.44. The Bertz CT molecular complexity index is 634. The maximum atomic E-state index is 6.01. The van der Waals surface area contributed by atoms with E-state index in [2.05, 4.69) is 15.2 Å². The van der Waals surface area contributed by atoms with Crippen LogP contribution in [0, 0.1) is 11.8 Å². The molecule has 6 heteroatoms. The number of aromatic nitrogens is 1. The van der Waals surface area contributed by atoms with Crippen molar-refractivity contribution in [3.05, 3.63) is 41.2 Å². The number of hydrogen-bond acceptors (Lipinski definition) is 4. The number of benzene rings is 1. The van der Waals surface area contributed by atoms with Crippen LogP contribution in [0.1, 0.15) is 5.69 Å². The topological polar surface area (TPSA) is 41.3 Å². The molecule has 1 aromatic heterocycles. The molecule has 2 saturated heterocycles. The number of hydrogen-bond donors (Lipinski definition) is 1. The van der Waals surface area contributed by atoms with Gasteiger partial charge in [0.25, 0.3) is 0 Å². The molecular weight excluding hydrogens is 321 g/mol. The summed E-state index contributed by atoms with van der Waals surface area (Å²) in [4.78, 5) is 7.08. The first kappa shape index (κ1) is 15.8. The normalized spacial score (nSPS) is 24.2. The Labute approximate surface area is 141 Å². The second kappa shape index (κ2) is 6.59. The number of oxazole rings is 1. The molecule has 2 aromatic rings. The van der Waals surface area contributed by atoms with Crippen molar-refractivity contribution in [1.82, 2.24) is 15.2 Å². The zero-order valence-corrected chi connectivity index (χ0v) is 13.7. The fraction of sp³-hybridized carbons (Fsp3) is 0.438. The van der Waals surface area contributed by atoms with Crippen molar-refractivity contribution in [2.75, 3.05) is 26.2 Å². The van der Waals surface area contributed by atoms with Gasteiger partial charge in [-0.15, -0.1) is 12.4 Å². The Morgan fingerprint density at radius 1 is 1.27 bits per heavy atom. The SMILES string of the molecule is Cl.Clc1cccc(-c2nc(CN3C[C@H]4CNC[C@H]4C3)co2)c1. The van der Waals surface area contributed by atoms with Gasteiger partial charge in [-0.3, -0.25) is 4.90 Å². The molecule has 0 saturated carbocycles. The first-order chi connectivity index (χ1) is 10.3. The van der Waals surface area contributed by atoms with Gasteiger partial charge in [-0.1, -0.05) is 17.7 Å². The minimum absolute atomic E-state index is 0. The van der Waals surface area contributed by atoms with E-state index in [1.165, 1.54) is 0 Å². The number of rotatable bonds is 3. The molecule has 2 aliphatic heterocycles. The standard InChI is InChI=1S/C16H18ClN3O.ClH/c17-14-3-1-2-11(4-14)16-19-15(10-21-16)9-20-7-12-5-18-6-13(12)8-20;/h1-4,10,12-13,18H,5-9H2;1H/t12-,13+;. The minimum atomic E-state index is 0. The monoisotopic (exact) mass is 339 g/mol. The molecule has 0 amide bonds. The smallest absolute Gasteiger partial charge is 0.226 e. The van der Waals surface area contributed by atoms with Gasteiger partial charge in [0.05, 0.1) is 5.69 Å². The van der Waals surface area contributed by atoms with Crippen molar-refractivity contribution in [1.29, 1.82) is 0 Å². The molecule has 2 aliphatic rings. The summed E-state index contributed by atoms with van der Waals surface area (Å²) in [7, 11) is 0. The van der Waals surface area contributed by atoms with E-state index in [-0.39, 0.29) is 12.4 Å². The Hall–Kier alpha value is -1.07. The third-order valence-electron chi connectivity index (χ3n) is 4.47. The first-order valence-corrected chi connectivity index (χ1v) is 7.79. The van der Waals surface area contributed by atoms with Crippen molar-refractivity contribution < 1.29 is 4.42 Å². The number of halogens is 2. The maximum Gasteiger partial charge on any atom is 0.226 e. The molecule has 0 spiro atoms. The lowest BCUT2D eigenvalue weighted by molar-refractivity contribution is 0.302. The molecule has 4 rings (SSSR count). The lowest BCUT2D eigenvalue weighted by Gasteiger charge is -2.14. The van der Waals surface area contributed by atoms with Gasteiger partial charge < -0.3 is 9.73 Å². The van der Waals surface area contributed by atoms with Gasteiger partial charge in [0, 0.05) is 30.2 Å². The van der Waals surface area contributed by atoms with E-state index < -0.39 is 0 Å². The number of fused-ring (bicyclic) bond motifs is 1. The zero-order chi connectivity index (χ0) is 14.2. The third kappa shape index (κ3) is 3.15. The van der Waals surface area contributed by atoms with E-state index in [1.807, 2.05) is 24.3 Å². The van der Waals surface area contributed by atoms with Gasteiger partial charge in [-0.05, 0) is 43.1 Å². The van der Waals surface area contributed by atoms with Crippen LogP contribution in [-0.2, 0) is 6.54 Å². The molecule has 3 heterocycles. The minimum Gasteiger partial charge on any atom is -0.444 e. The van der Waals surface area contributed by atoms with Gasteiger partial charge >= 0.3 is 0 Å². The summed E-state index contributed by atoms with van der Waals surface area (Å²) in [5.74, 6) is 2.27. The largest absolute Gasteiger partial charge is 0.444 e. The lowest BCUT2D eigenvalue weighted by Crippen LogP contribution is -2.25. The summed E-state index contributed by atoms with van der Waals surface area (Å²) in [6.07, 6.45) is 1.77. The second-order valence-electron chi connectivity index (χ2n) is 6.03. The molecule has 1 aromatic carbocycles. The number of nitrogens with one attached hydrogen (secondary N) is 1. The first-order valence-electron chi connectivity index (χ1n) is 7.41. The van der Waals surface area contributed by atoms with Crippen LogP contribution >= 0.6 is 24.0 Å². The van der Waals surface area contributed by atoms with Crippen LogP contribution in [0.25, 0.3) is 11.5 Å². The Morgan fingerprint density at radius 3 is 2.77 bits per heavy atom. The van der Waals surface area contributed by atoms with Crippen molar-refractivity contribution in [2.24, 2.45) is 11.8 Å². The number of likely N-dealkylation sites (tertiary alicyclic amines) is 1. The maximum absolute atomic E-state index is 6.01. The zero-order valence-electron chi connectivity index (χ0n) is 12.2. The Kier molecular flexibility index (Phi) is 4.73. The van der Waals surface area contributed by atoms with Gasteiger partial charge in [0.1, 0.15) is 6.26 Å². The third-order valence-corrected chi connectivity index (χ3v) is 4.71. The molecule has 0 bridgehead atoms. The molecule has 2 fully saturated rings. The summed E-state index contributed by atoms with van der Waals surface area (Å²) in [5.41, 5.74) is 1.93. The molecular formula is C16H19Cl2N3O. The van der Waals surface area contributed by atoms with Crippen LogP contribution in [-0.4, -0.2) is 36.1 Å². The highest BCUT2D eigenvalue weighted by molar-refractivity contribution is 6.30. The second-order valence-corrected chi connectivity index (χ2v) is 6.46. The summed E-state index contributed by atoms with van der Waals surface area (Å²) < 4.78 is 5.60. The van der Waals surface area contributed by atoms with Gasteiger partial charge in [-0.25, -0.2) is 4.98 Å². The fourth-order valence-corrected chi connectivity index (χ4v) is 3.63. The lowest BCUT2D eigenvalue weighted by atomic mass is 10.0. The van der Waals surface area contributed by atoms with Crippen LogP contribution < -0.4 is 5.32 Å². The highest BCUT2D eigenvalue weighted by Crippen LogP contribution is 2.28. The van der Waals surface area contributed by atoms with Crippen LogP contribution in [0.5, 0.6) is 0 Å². The van der Waals surface area contributed by atoms with Crippen molar-refractivity contribution in [3.8, 4) is 11.5 Å². The Morgan fingerprint density at radius 2 is 2.05 bits per heavy atom. The summed E-state index contributed by atoms with van der Waals surface area (Å²) in [5, 5.41) is 4.17. The van der Waals surface area contributed by atoms with Gasteiger partial charge in [0.2, 0.25) is 5.89 Å². The molecule has 1 N–H and O–H groups in total. The van der Waals surface area contributed by atoms with E-state index in [0.29, 0.717) is 10.9 Å². The molecule has 4 nitrogen and oxygen atoms in total. The van der Waals surface area contributed by atoms with Gasteiger partial charge in [0.15, 0.2) is 0 Å². The van der Waals surface area contributed by atoms with Crippen LogP contribution in [0.3, 0.4) is 0 Å². The molecule has 22 heavy (non-hydrogen) atoms. The highest BCUT2D eigenvalue weighted by atomic mass is 35.5. The number of nitrogens with zero attached hydrogens (tertiary/aromatic N) is 2. The Balaban J connectivity index is 0.00000144. The molecule has 2 atom stereocenters. The van der Waals surface area contributed by atoms with E-state index >= 15 is 0 Å². The summed E-state index contributed by atoms with van der Waals surface area (Å²) in [6.45, 7) is 5.52. The predicted octanol–water partition coefficient (Wildman–Crippen LogP) is 3.07. The summed E-state index contributed by atoms with van der Waals surface area (Å²) in [6, 6.07) is 7.61. The van der Waals surface area contributed by atoms with Crippen molar-refractivity contribution >= 4 is 24.0 Å². The van der Waals surface area contributed by atoms with Crippen LogP contribution in [0.15, 0.2) is 34.9 Å². The van der Waals surface area contributed by atoms with Gasteiger partial charge in [-0.2, -0.15) is 0 Å². The molecule has 118 valence electrons. The average molecular weight is 340 g/mol. The van der Waals surface area contributed by atoms with Crippen LogP contribution in [0.2, 0.25) is 5.02 Å². The van der Waals surface area contributed by atoms with E-state index in [1.54, 1.807) is 6.26 Å². The highest BCUT2D eigenvalue weighted by Gasteiger charge is 2.36. The average Bonchev–Trinajstić information content (AvgIpc) is 3.14. The summed E-state index contributed by atoms with van der Waals surface area (Å²) >= 11 is 6.01. The molecule has 0 unspecified atom stereocenters. The quantitative estimate of drug-likeness (QED) is 0.932. The van der Waals surface area contributed by atoms with E-state index in [4.69, 9.17) is 16.0 Å². The van der Waals surface area contributed by atoms with Crippen molar-refractivity contribution in [2.45, 2.75) is 6.54 Å². The van der Waals surface area contributed by atoms with E-state index in [0.717, 1.165) is 55.8 Å². The van der Waals surface area contributed by atoms with E-state index in [9.17, 15) is 0 Å². The molecule has 0 aliphatic carbocycles. The molecule has 0 radical (unpaired) electrons. The van der Waals surface area contributed by atoms with Crippen LogP contribution in [0.4, 0.5) is 0 Å². The predicted molar refractivity (Wildman–Crippen MR) is 89.3 cm³/mol.